The van der Waals surface area contributed by atoms with Gasteiger partial charge in [-0.2, -0.15) is 0 Å². The Morgan fingerprint density at radius 1 is 1.39 bits per heavy atom. The van der Waals surface area contributed by atoms with Crippen LogP contribution in [0.3, 0.4) is 0 Å². The minimum absolute atomic E-state index is 0.0515. The number of carbonyl (C=O) groups is 1. The molecule has 0 aliphatic carbocycles. The molecule has 1 aliphatic rings. The number of rotatable bonds is 2. The van der Waals surface area contributed by atoms with E-state index in [-0.39, 0.29) is 18.2 Å². The third kappa shape index (κ3) is 4.48. The Bertz CT molecular complexity index is 273. The van der Waals surface area contributed by atoms with Crippen LogP contribution in [0.1, 0.15) is 59.8 Å². The molecule has 1 amide bonds. The Labute approximate surface area is 111 Å². The first-order valence-electron chi connectivity index (χ1n) is 7.10. The second kappa shape index (κ2) is 6.41. The number of carbonyl (C=O) groups excluding carboxylic acids is 1. The lowest BCUT2D eigenvalue weighted by Crippen LogP contribution is -2.51. The largest absolute Gasteiger partial charge is 0.444 e. The van der Waals surface area contributed by atoms with Crippen molar-refractivity contribution in [1.82, 2.24) is 4.90 Å². The monoisotopic (exact) mass is 256 g/mol. The van der Waals surface area contributed by atoms with Crippen molar-refractivity contribution in [2.24, 2.45) is 5.73 Å². The second-order valence-corrected chi connectivity index (χ2v) is 6.16. The number of nitrogens with zero attached hydrogens (tertiary/aromatic N) is 1. The van der Waals surface area contributed by atoms with Crippen molar-refractivity contribution >= 4 is 6.09 Å². The van der Waals surface area contributed by atoms with E-state index in [0.29, 0.717) is 0 Å². The summed E-state index contributed by atoms with van der Waals surface area (Å²) < 4.78 is 5.49. The predicted molar refractivity (Wildman–Crippen MR) is 73.5 cm³/mol. The van der Waals surface area contributed by atoms with Gasteiger partial charge in [0.25, 0.3) is 0 Å². The number of ether oxygens (including phenoxy) is 1. The summed E-state index contributed by atoms with van der Waals surface area (Å²) in [4.78, 5) is 14.1. The first-order chi connectivity index (χ1) is 8.35. The van der Waals surface area contributed by atoms with E-state index in [1.807, 2.05) is 25.7 Å². The molecule has 1 aliphatic heterocycles. The Balaban J connectivity index is 2.75. The molecule has 0 spiro atoms. The van der Waals surface area contributed by atoms with Crippen molar-refractivity contribution < 1.29 is 9.53 Å². The van der Waals surface area contributed by atoms with Crippen molar-refractivity contribution in [3.8, 4) is 0 Å². The summed E-state index contributed by atoms with van der Waals surface area (Å²) in [5.41, 5.74) is 5.72. The number of likely N-dealkylation sites (tertiary alicyclic amines) is 1. The normalized spacial score (nSPS) is 23.4. The van der Waals surface area contributed by atoms with E-state index in [4.69, 9.17) is 10.5 Å². The molecule has 2 unspecified atom stereocenters. The smallest absolute Gasteiger partial charge is 0.410 e. The van der Waals surface area contributed by atoms with E-state index in [9.17, 15) is 4.79 Å². The topological polar surface area (TPSA) is 55.6 Å². The van der Waals surface area contributed by atoms with E-state index in [2.05, 4.69) is 6.92 Å². The molecule has 18 heavy (non-hydrogen) atoms. The van der Waals surface area contributed by atoms with Crippen LogP contribution in [0.25, 0.3) is 0 Å². The van der Waals surface area contributed by atoms with Crippen LogP contribution in [-0.2, 0) is 4.74 Å². The summed E-state index contributed by atoms with van der Waals surface area (Å²) in [7, 11) is 0. The van der Waals surface area contributed by atoms with Gasteiger partial charge in [0.15, 0.2) is 0 Å². The van der Waals surface area contributed by atoms with Gasteiger partial charge in [-0.15, -0.1) is 0 Å². The van der Waals surface area contributed by atoms with Gasteiger partial charge < -0.3 is 15.4 Å². The van der Waals surface area contributed by atoms with Gasteiger partial charge in [0.1, 0.15) is 5.60 Å². The zero-order chi connectivity index (χ0) is 13.8. The minimum atomic E-state index is -0.440. The molecule has 1 rings (SSSR count). The fourth-order valence-electron chi connectivity index (χ4n) is 2.40. The standard InChI is InChI=1S/C14H28N2O2/c1-5-11(15)12-9-7-6-8-10-16(12)13(17)18-14(2,3)4/h11-12H,5-10,15H2,1-4H3. The molecule has 0 radical (unpaired) electrons. The van der Waals surface area contributed by atoms with Crippen LogP contribution in [0.15, 0.2) is 0 Å². The lowest BCUT2D eigenvalue weighted by atomic mass is 10.0. The van der Waals surface area contributed by atoms with Gasteiger partial charge in [0, 0.05) is 12.6 Å². The summed E-state index contributed by atoms with van der Waals surface area (Å²) in [5, 5.41) is 0. The maximum absolute atomic E-state index is 12.2. The van der Waals surface area contributed by atoms with Gasteiger partial charge in [-0.05, 0) is 40.0 Å². The Kier molecular flexibility index (Phi) is 5.45. The zero-order valence-corrected chi connectivity index (χ0v) is 12.2. The van der Waals surface area contributed by atoms with E-state index >= 15 is 0 Å². The second-order valence-electron chi connectivity index (χ2n) is 6.16. The van der Waals surface area contributed by atoms with E-state index in [1.54, 1.807) is 0 Å². The molecule has 106 valence electrons. The quantitative estimate of drug-likeness (QED) is 0.826. The Morgan fingerprint density at radius 2 is 2.06 bits per heavy atom. The van der Waals surface area contributed by atoms with Crippen molar-refractivity contribution in [2.75, 3.05) is 6.54 Å². The first-order valence-corrected chi connectivity index (χ1v) is 7.10. The fraction of sp³-hybridized carbons (Fsp3) is 0.929. The third-order valence-electron chi connectivity index (χ3n) is 3.39. The third-order valence-corrected chi connectivity index (χ3v) is 3.39. The lowest BCUT2D eigenvalue weighted by Gasteiger charge is -2.35. The van der Waals surface area contributed by atoms with Gasteiger partial charge in [-0.3, -0.25) is 0 Å². The van der Waals surface area contributed by atoms with Gasteiger partial charge in [0.2, 0.25) is 0 Å². The van der Waals surface area contributed by atoms with Crippen LogP contribution in [-0.4, -0.2) is 35.2 Å². The summed E-state index contributed by atoms with van der Waals surface area (Å²) in [6, 6.07) is 0.183. The van der Waals surface area contributed by atoms with E-state index in [1.165, 1.54) is 6.42 Å². The van der Waals surface area contributed by atoms with Crippen molar-refractivity contribution in [3.05, 3.63) is 0 Å². The maximum Gasteiger partial charge on any atom is 0.410 e. The Hall–Kier alpha value is -0.770. The molecular formula is C14H28N2O2. The van der Waals surface area contributed by atoms with Crippen LogP contribution in [0.2, 0.25) is 0 Å². The van der Waals surface area contributed by atoms with Crippen LogP contribution in [0.5, 0.6) is 0 Å². The van der Waals surface area contributed by atoms with Crippen LogP contribution in [0, 0.1) is 0 Å². The highest BCUT2D eigenvalue weighted by molar-refractivity contribution is 5.68. The Morgan fingerprint density at radius 3 is 2.61 bits per heavy atom. The highest BCUT2D eigenvalue weighted by Crippen LogP contribution is 2.22. The fourth-order valence-corrected chi connectivity index (χ4v) is 2.40. The number of amides is 1. The predicted octanol–water partition coefficient (Wildman–Crippen LogP) is 2.90. The minimum Gasteiger partial charge on any atom is -0.444 e. The molecule has 1 heterocycles. The van der Waals surface area contributed by atoms with Crippen LogP contribution in [0.4, 0.5) is 4.79 Å². The van der Waals surface area contributed by atoms with E-state index < -0.39 is 5.60 Å². The highest BCUT2D eigenvalue weighted by Gasteiger charge is 2.32. The summed E-state index contributed by atoms with van der Waals surface area (Å²) in [6.07, 6.45) is 5.05. The maximum atomic E-state index is 12.2. The first kappa shape index (κ1) is 15.3. The molecule has 1 fully saturated rings. The molecule has 4 nitrogen and oxygen atoms in total. The van der Waals surface area contributed by atoms with Crippen LogP contribution >= 0.6 is 0 Å². The van der Waals surface area contributed by atoms with Gasteiger partial charge in [0.05, 0.1) is 6.04 Å². The summed E-state index contributed by atoms with van der Waals surface area (Å²) in [6.45, 7) is 8.54. The average molecular weight is 256 g/mol. The van der Waals surface area contributed by atoms with Gasteiger partial charge >= 0.3 is 6.09 Å². The van der Waals surface area contributed by atoms with Gasteiger partial charge in [-0.25, -0.2) is 4.79 Å². The molecule has 4 heteroatoms. The number of nitrogens with two attached hydrogens (primary N) is 1. The molecule has 0 aromatic carbocycles. The van der Waals surface area contributed by atoms with Crippen molar-refractivity contribution in [3.63, 3.8) is 0 Å². The molecular weight excluding hydrogens is 228 g/mol. The zero-order valence-electron chi connectivity index (χ0n) is 12.2. The molecule has 0 aromatic rings. The molecule has 0 bridgehead atoms. The van der Waals surface area contributed by atoms with Gasteiger partial charge in [-0.1, -0.05) is 19.8 Å². The van der Waals surface area contributed by atoms with E-state index in [0.717, 1.165) is 32.2 Å². The molecule has 0 aromatic heterocycles. The lowest BCUT2D eigenvalue weighted by molar-refractivity contribution is 0.0138. The molecule has 2 atom stereocenters. The van der Waals surface area contributed by atoms with Crippen molar-refractivity contribution in [1.29, 1.82) is 0 Å². The number of hydrogen-bond donors (Lipinski definition) is 1. The molecule has 0 saturated carbocycles. The number of hydrogen-bond acceptors (Lipinski definition) is 3. The molecule has 1 saturated heterocycles. The highest BCUT2D eigenvalue weighted by atomic mass is 16.6. The summed E-state index contributed by atoms with van der Waals surface area (Å²) >= 11 is 0. The SMILES string of the molecule is CCC(N)C1CCCCCN1C(=O)OC(C)(C)C. The van der Waals surface area contributed by atoms with Crippen LogP contribution < -0.4 is 5.73 Å². The average Bonchev–Trinajstić information content (AvgIpc) is 2.50. The summed E-state index contributed by atoms with van der Waals surface area (Å²) in [5.74, 6) is 0. The molecule has 2 N–H and O–H groups in total. The van der Waals surface area contributed by atoms with Crippen molar-refractivity contribution in [2.45, 2.75) is 77.5 Å².